The number of aliphatic hydroxyl groups excluding tert-OH is 1. The first-order valence-corrected chi connectivity index (χ1v) is 5.63. The molecule has 2 aromatic rings. The summed E-state index contributed by atoms with van der Waals surface area (Å²) in [5, 5.41) is 8.89. The van der Waals surface area contributed by atoms with Gasteiger partial charge in [-0.3, -0.25) is 0 Å². The van der Waals surface area contributed by atoms with E-state index in [1.807, 2.05) is 42.5 Å². The van der Waals surface area contributed by atoms with E-state index in [-0.39, 0.29) is 12.6 Å². The van der Waals surface area contributed by atoms with Gasteiger partial charge in [0, 0.05) is 11.6 Å². The molecule has 0 saturated heterocycles. The number of benzene rings is 1. The van der Waals surface area contributed by atoms with Gasteiger partial charge in [0.05, 0.1) is 6.61 Å². The summed E-state index contributed by atoms with van der Waals surface area (Å²) in [5.41, 5.74) is 8.97. The topological polar surface area (TPSA) is 46.2 Å². The summed E-state index contributed by atoms with van der Waals surface area (Å²) in [6.45, 7) is 0.0170. The third kappa shape index (κ3) is 3.07. The standard InChI is InChI=1S/C15H15NO/c16-15(11-17)10-12-6-8-14(9-7-12)13-4-2-1-3-5-13/h1-2,4,6-9,15,17H,10-11,16H2. The van der Waals surface area contributed by atoms with Gasteiger partial charge in [-0.05, 0) is 29.7 Å². The number of hydrogen-bond donors (Lipinski definition) is 2. The second-order valence-electron chi connectivity index (χ2n) is 4.05. The average molecular weight is 225 g/mol. The van der Waals surface area contributed by atoms with E-state index in [2.05, 4.69) is 12.1 Å². The molecule has 0 amide bonds. The maximum atomic E-state index is 8.89. The van der Waals surface area contributed by atoms with E-state index in [4.69, 9.17) is 10.8 Å². The van der Waals surface area contributed by atoms with Gasteiger partial charge >= 0.3 is 0 Å². The van der Waals surface area contributed by atoms with Gasteiger partial charge < -0.3 is 10.8 Å². The van der Waals surface area contributed by atoms with Crippen molar-refractivity contribution in [2.75, 3.05) is 6.61 Å². The van der Waals surface area contributed by atoms with Gasteiger partial charge in [-0.1, -0.05) is 42.5 Å². The molecule has 0 aliphatic carbocycles. The monoisotopic (exact) mass is 225 g/mol. The first kappa shape index (κ1) is 11.7. The van der Waals surface area contributed by atoms with Gasteiger partial charge in [0.2, 0.25) is 0 Å². The van der Waals surface area contributed by atoms with Crippen molar-refractivity contribution >= 4 is 0 Å². The lowest BCUT2D eigenvalue weighted by Gasteiger charge is -2.08. The van der Waals surface area contributed by atoms with Crippen LogP contribution in [0.15, 0.2) is 42.5 Å². The number of rotatable bonds is 4. The van der Waals surface area contributed by atoms with Crippen molar-refractivity contribution in [2.24, 2.45) is 5.73 Å². The molecular weight excluding hydrogens is 210 g/mol. The molecule has 86 valence electrons. The van der Waals surface area contributed by atoms with E-state index in [0.717, 1.165) is 16.7 Å². The highest BCUT2D eigenvalue weighted by atomic mass is 16.3. The Bertz CT molecular complexity index is 450. The average Bonchev–Trinajstić information content (AvgIpc) is 2.40. The largest absolute Gasteiger partial charge is 0.395 e. The lowest BCUT2D eigenvalue weighted by atomic mass is 10.0. The highest BCUT2D eigenvalue weighted by Gasteiger charge is 2.02. The molecule has 0 spiro atoms. The predicted molar refractivity (Wildman–Crippen MR) is 68.3 cm³/mol. The van der Waals surface area contributed by atoms with Gasteiger partial charge in [0.1, 0.15) is 0 Å². The van der Waals surface area contributed by atoms with Crippen LogP contribution in [0.3, 0.4) is 0 Å². The molecule has 17 heavy (non-hydrogen) atoms. The zero-order chi connectivity index (χ0) is 12.1. The molecule has 0 aliphatic heterocycles. The molecular formula is C15H15NO. The van der Waals surface area contributed by atoms with Crippen molar-refractivity contribution in [3.05, 3.63) is 60.2 Å². The van der Waals surface area contributed by atoms with Crippen molar-refractivity contribution in [3.63, 3.8) is 0 Å². The summed E-state index contributed by atoms with van der Waals surface area (Å²) in [5.74, 6) is 0. The summed E-state index contributed by atoms with van der Waals surface area (Å²) in [6.07, 6.45) is 0.696. The third-order valence-corrected chi connectivity index (χ3v) is 2.65. The van der Waals surface area contributed by atoms with Crippen LogP contribution in [-0.4, -0.2) is 17.8 Å². The molecule has 1 unspecified atom stereocenters. The predicted octanol–water partition coefficient (Wildman–Crippen LogP) is 1.82. The Balaban J connectivity index is 2.13. The van der Waals surface area contributed by atoms with Crippen molar-refractivity contribution in [2.45, 2.75) is 12.5 Å². The molecule has 0 saturated carbocycles. The second-order valence-corrected chi connectivity index (χ2v) is 4.05. The number of nitrogens with two attached hydrogens (primary N) is 1. The van der Waals surface area contributed by atoms with Crippen molar-refractivity contribution < 1.29 is 5.11 Å². The molecule has 3 N–H and O–H groups in total. The van der Waals surface area contributed by atoms with Crippen LogP contribution < -0.4 is 5.73 Å². The van der Waals surface area contributed by atoms with Crippen molar-refractivity contribution in [3.8, 4) is 11.1 Å². The molecule has 2 heteroatoms. The van der Waals surface area contributed by atoms with Gasteiger partial charge in [-0.25, -0.2) is 0 Å². The van der Waals surface area contributed by atoms with Crippen LogP contribution in [0, 0.1) is 12.1 Å². The highest BCUT2D eigenvalue weighted by Crippen LogP contribution is 2.17. The number of aliphatic hydroxyl groups is 1. The van der Waals surface area contributed by atoms with E-state index in [0.29, 0.717) is 6.42 Å². The Morgan fingerprint density at radius 3 is 2.53 bits per heavy atom. The highest BCUT2D eigenvalue weighted by molar-refractivity contribution is 5.61. The molecule has 2 rings (SSSR count). The Hall–Kier alpha value is -1.82. The Labute approximate surface area is 102 Å². The van der Waals surface area contributed by atoms with Gasteiger partial charge in [-0.15, -0.1) is 0 Å². The van der Waals surface area contributed by atoms with Crippen LogP contribution in [0.4, 0.5) is 0 Å². The summed E-state index contributed by atoms with van der Waals surface area (Å²) in [7, 11) is 0. The lowest BCUT2D eigenvalue weighted by Crippen LogP contribution is -2.26. The molecule has 0 aromatic heterocycles. The van der Waals surface area contributed by atoms with Crippen molar-refractivity contribution in [1.82, 2.24) is 0 Å². The van der Waals surface area contributed by atoms with E-state index >= 15 is 0 Å². The van der Waals surface area contributed by atoms with Gasteiger partial charge in [0.15, 0.2) is 0 Å². The Morgan fingerprint density at radius 1 is 1.18 bits per heavy atom. The molecule has 0 aliphatic rings. The van der Waals surface area contributed by atoms with Crippen LogP contribution >= 0.6 is 0 Å². The fourth-order valence-corrected chi connectivity index (χ4v) is 1.71. The number of hydrogen-bond acceptors (Lipinski definition) is 2. The minimum Gasteiger partial charge on any atom is -0.395 e. The summed E-state index contributed by atoms with van der Waals surface area (Å²) in [4.78, 5) is 0. The molecule has 0 bridgehead atoms. The quantitative estimate of drug-likeness (QED) is 0.833. The molecule has 2 nitrogen and oxygen atoms in total. The van der Waals surface area contributed by atoms with Crippen LogP contribution in [-0.2, 0) is 6.42 Å². The Morgan fingerprint density at radius 2 is 1.94 bits per heavy atom. The van der Waals surface area contributed by atoms with Crippen LogP contribution in [0.1, 0.15) is 5.56 Å². The van der Waals surface area contributed by atoms with E-state index in [1.165, 1.54) is 0 Å². The zero-order valence-electron chi connectivity index (χ0n) is 9.56. The van der Waals surface area contributed by atoms with Gasteiger partial charge in [0.25, 0.3) is 0 Å². The summed E-state index contributed by atoms with van der Waals surface area (Å²) in [6, 6.07) is 19.8. The molecule has 1 atom stereocenters. The molecule has 0 radical (unpaired) electrons. The summed E-state index contributed by atoms with van der Waals surface area (Å²) >= 11 is 0. The first-order valence-electron chi connectivity index (χ1n) is 5.63. The maximum Gasteiger partial charge on any atom is 0.0585 e. The Kier molecular flexibility index (Phi) is 3.77. The fourth-order valence-electron chi connectivity index (χ4n) is 1.71. The van der Waals surface area contributed by atoms with Crippen LogP contribution in [0.25, 0.3) is 11.1 Å². The maximum absolute atomic E-state index is 8.89. The van der Waals surface area contributed by atoms with Crippen LogP contribution in [0.2, 0.25) is 0 Å². The van der Waals surface area contributed by atoms with Crippen LogP contribution in [0.5, 0.6) is 0 Å². The molecule has 0 heterocycles. The fraction of sp³-hybridized carbons (Fsp3) is 0.200. The first-order chi connectivity index (χ1) is 8.29. The minimum absolute atomic E-state index is 0.0170. The minimum atomic E-state index is -0.183. The summed E-state index contributed by atoms with van der Waals surface area (Å²) < 4.78 is 0. The normalized spacial score (nSPS) is 11.9. The van der Waals surface area contributed by atoms with E-state index in [1.54, 1.807) is 0 Å². The molecule has 2 aromatic carbocycles. The molecule has 0 fully saturated rings. The van der Waals surface area contributed by atoms with E-state index in [9.17, 15) is 0 Å². The van der Waals surface area contributed by atoms with Crippen molar-refractivity contribution in [1.29, 1.82) is 0 Å². The SMILES string of the molecule is NC(CO)Cc1ccc(-c2c#cccc2)cc1. The van der Waals surface area contributed by atoms with E-state index < -0.39 is 0 Å². The lowest BCUT2D eigenvalue weighted by molar-refractivity contribution is 0.265. The third-order valence-electron chi connectivity index (χ3n) is 2.65. The van der Waals surface area contributed by atoms with Gasteiger partial charge in [-0.2, -0.15) is 0 Å². The zero-order valence-corrected chi connectivity index (χ0v) is 9.56. The second kappa shape index (κ2) is 5.49. The smallest absolute Gasteiger partial charge is 0.0585 e.